The average Bonchev–Trinajstić information content (AvgIpc) is 2.99. The second-order valence-corrected chi connectivity index (χ2v) is 5.31. The molecule has 1 aliphatic heterocycles. The Kier molecular flexibility index (Phi) is 3.76. The summed E-state index contributed by atoms with van der Waals surface area (Å²) in [6.07, 6.45) is 5.06. The Labute approximate surface area is 114 Å². The monoisotopic (exact) mass is 256 g/mol. The fraction of sp³-hybridized carbons (Fsp3) is 0.438. The van der Waals surface area contributed by atoms with E-state index in [4.69, 9.17) is 4.74 Å². The molecule has 19 heavy (non-hydrogen) atoms. The first-order valence-electron chi connectivity index (χ1n) is 6.97. The lowest BCUT2D eigenvalue weighted by Gasteiger charge is -2.19. The molecule has 0 aliphatic carbocycles. The van der Waals surface area contributed by atoms with Crippen LogP contribution < -0.4 is 5.32 Å². The van der Waals surface area contributed by atoms with Crippen molar-refractivity contribution in [3.05, 3.63) is 42.2 Å². The van der Waals surface area contributed by atoms with Crippen LogP contribution in [0.3, 0.4) is 0 Å². The lowest BCUT2D eigenvalue weighted by molar-refractivity contribution is 0.178. The fourth-order valence-corrected chi connectivity index (χ4v) is 2.70. The van der Waals surface area contributed by atoms with Gasteiger partial charge in [-0.25, -0.2) is 0 Å². The van der Waals surface area contributed by atoms with Crippen LogP contribution in [-0.2, 0) is 11.3 Å². The number of benzene rings is 1. The third kappa shape index (κ3) is 2.77. The summed E-state index contributed by atoms with van der Waals surface area (Å²) in [4.78, 5) is 4.32. The van der Waals surface area contributed by atoms with Gasteiger partial charge in [0, 0.05) is 37.0 Å². The SMILES string of the molecule is CC(NCc1cncc2ccccc12)C1CCOC1. The quantitative estimate of drug-likeness (QED) is 0.913. The van der Waals surface area contributed by atoms with E-state index in [0.717, 1.165) is 19.8 Å². The highest BCUT2D eigenvalue weighted by molar-refractivity contribution is 5.84. The van der Waals surface area contributed by atoms with Crippen molar-refractivity contribution >= 4 is 10.8 Å². The van der Waals surface area contributed by atoms with E-state index in [1.54, 1.807) is 0 Å². The van der Waals surface area contributed by atoms with Crippen LogP contribution in [-0.4, -0.2) is 24.2 Å². The zero-order valence-electron chi connectivity index (χ0n) is 11.3. The first kappa shape index (κ1) is 12.6. The minimum Gasteiger partial charge on any atom is -0.381 e. The van der Waals surface area contributed by atoms with Crippen molar-refractivity contribution in [2.24, 2.45) is 5.92 Å². The molecule has 3 rings (SSSR count). The zero-order valence-corrected chi connectivity index (χ0v) is 11.3. The van der Waals surface area contributed by atoms with Crippen molar-refractivity contribution in [3.8, 4) is 0 Å². The van der Waals surface area contributed by atoms with E-state index in [9.17, 15) is 0 Å². The van der Waals surface area contributed by atoms with Crippen LogP contribution in [0, 0.1) is 5.92 Å². The molecule has 0 bridgehead atoms. The largest absolute Gasteiger partial charge is 0.381 e. The third-order valence-corrected chi connectivity index (χ3v) is 4.04. The number of aromatic nitrogens is 1. The zero-order chi connectivity index (χ0) is 13.1. The van der Waals surface area contributed by atoms with Gasteiger partial charge in [0.2, 0.25) is 0 Å². The second kappa shape index (κ2) is 5.68. The molecular weight excluding hydrogens is 236 g/mol. The molecule has 3 heteroatoms. The van der Waals surface area contributed by atoms with Gasteiger partial charge < -0.3 is 10.1 Å². The van der Waals surface area contributed by atoms with Gasteiger partial charge in [-0.15, -0.1) is 0 Å². The van der Waals surface area contributed by atoms with Crippen LogP contribution >= 0.6 is 0 Å². The van der Waals surface area contributed by atoms with Crippen LogP contribution in [0.2, 0.25) is 0 Å². The van der Waals surface area contributed by atoms with Crippen molar-refractivity contribution in [1.82, 2.24) is 10.3 Å². The lowest BCUT2D eigenvalue weighted by Crippen LogP contribution is -2.33. The molecule has 2 heterocycles. The molecule has 0 saturated carbocycles. The minimum atomic E-state index is 0.487. The maximum atomic E-state index is 5.45. The highest BCUT2D eigenvalue weighted by Gasteiger charge is 2.21. The van der Waals surface area contributed by atoms with Gasteiger partial charge in [-0.05, 0) is 30.2 Å². The number of nitrogens with zero attached hydrogens (tertiary/aromatic N) is 1. The van der Waals surface area contributed by atoms with Crippen molar-refractivity contribution in [1.29, 1.82) is 0 Å². The highest BCUT2D eigenvalue weighted by Crippen LogP contribution is 2.19. The van der Waals surface area contributed by atoms with Crippen LogP contribution in [0.25, 0.3) is 10.8 Å². The molecule has 0 amide bonds. The Morgan fingerprint density at radius 2 is 2.26 bits per heavy atom. The topological polar surface area (TPSA) is 34.2 Å². The van der Waals surface area contributed by atoms with Gasteiger partial charge in [0.25, 0.3) is 0 Å². The molecule has 3 nitrogen and oxygen atoms in total. The van der Waals surface area contributed by atoms with Gasteiger partial charge >= 0.3 is 0 Å². The summed E-state index contributed by atoms with van der Waals surface area (Å²) in [5.41, 5.74) is 1.27. The molecule has 2 atom stereocenters. The third-order valence-electron chi connectivity index (χ3n) is 4.04. The van der Waals surface area contributed by atoms with Gasteiger partial charge in [-0.3, -0.25) is 4.98 Å². The fourth-order valence-electron chi connectivity index (χ4n) is 2.70. The van der Waals surface area contributed by atoms with Gasteiger partial charge in [-0.2, -0.15) is 0 Å². The predicted octanol–water partition coefficient (Wildman–Crippen LogP) is 2.75. The first-order valence-corrected chi connectivity index (χ1v) is 6.97. The number of fused-ring (bicyclic) bond motifs is 1. The summed E-state index contributed by atoms with van der Waals surface area (Å²) < 4.78 is 5.45. The number of hydrogen-bond acceptors (Lipinski definition) is 3. The summed E-state index contributed by atoms with van der Waals surface area (Å²) in [5, 5.41) is 6.11. The van der Waals surface area contributed by atoms with E-state index in [1.807, 2.05) is 12.4 Å². The normalized spacial score (nSPS) is 20.8. The predicted molar refractivity (Wildman–Crippen MR) is 77.0 cm³/mol. The van der Waals surface area contributed by atoms with Crippen LogP contribution in [0.4, 0.5) is 0 Å². The number of hydrogen-bond donors (Lipinski definition) is 1. The molecule has 1 saturated heterocycles. The van der Waals surface area contributed by atoms with Crippen LogP contribution in [0.15, 0.2) is 36.7 Å². The Morgan fingerprint density at radius 3 is 3.11 bits per heavy atom. The van der Waals surface area contributed by atoms with Gasteiger partial charge in [-0.1, -0.05) is 24.3 Å². The van der Waals surface area contributed by atoms with E-state index in [1.165, 1.54) is 22.8 Å². The summed E-state index contributed by atoms with van der Waals surface area (Å²) >= 11 is 0. The number of rotatable bonds is 4. The van der Waals surface area contributed by atoms with Gasteiger partial charge in [0.15, 0.2) is 0 Å². The maximum absolute atomic E-state index is 5.45. The van der Waals surface area contributed by atoms with Crippen molar-refractivity contribution in [3.63, 3.8) is 0 Å². The summed E-state index contributed by atoms with van der Waals surface area (Å²) in [5.74, 6) is 0.642. The Bertz CT molecular complexity index is 544. The molecular formula is C16H20N2O. The highest BCUT2D eigenvalue weighted by atomic mass is 16.5. The molecule has 1 aliphatic rings. The van der Waals surface area contributed by atoms with Crippen molar-refractivity contribution in [2.75, 3.05) is 13.2 Å². The van der Waals surface area contributed by atoms with Crippen molar-refractivity contribution in [2.45, 2.75) is 25.9 Å². The average molecular weight is 256 g/mol. The lowest BCUT2D eigenvalue weighted by atomic mass is 10.00. The van der Waals surface area contributed by atoms with E-state index in [-0.39, 0.29) is 0 Å². The molecule has 1 aromatic heterocycles. The second-order valence-electron chi connectivity index (χ2n) is 5.31. The molecule has 0 radical (unpaired) electrons. The first-order chi connectivity index (χ1) is 9.34. The Balaban J connectivity index is 1.71. The van der Waals surface area contributed by atoms with Crippen molar-refractivity contribution < 1.29 is 4.74 Å². The summed E-state index contributed by atoms with van der Waals surface area (Å²) in [7, 11) is 0. The molecule has 0 spiro atoms. The van der Waals surface area contributed by atoms with E-state index >= 15 is 0 Å². The van der Waals surface area contributed by atoms with Gasteiger partial charge in [0.1, 0.15) is 0 Å². The summed E-state index contributed by atoms with van der Waals surface area (Å²) in [6, 6.07) is 8.90. The molecule has 2 aromatic rings. The van der Waals surface area contributed by atoms with Gasteiger partial charge in [0.05, 0.1) is 6.61 Å². The molecule has 100 valence electrons. The number of pyridine rings is 1. The smallest absolute Gasteiger partial charge is 0.0509 e. The summed E-state index contributed by atoms with van der Waals surface area (Å²) in [6.45, 7) is 4.92. The molecule has 1 N–H and O–H groups in total. The van der Waals surface area contributed by atoms with E-state index in [2.05, 4.69) is 41.5 Å². The number of ether oxygens (including phenoxy) is 1. The Hall–Kier alpha value is -1.45. The number of nitrogens with one attached hydrogen (secondary N) is 1. The van der Waals surface area contributed by atoms with E-state index in [0.29, 0.717) is 12.0 Å². The van der Waals surface area contributed by atoms with E-state index < -0.39 is 0 Å². The maximum Gasteiger partial charge on any atom is 0.0509 e. The van der Waals surface area contributed by atoms with Crippen LogP contribution in [0.5, 0.6) is 0 Å². The standard InChI is InChI=1S/C16H20N2O/c1-12(14-6-7-19-11-14)18-10-15-9-17-8-13-4-2-3-5-16(13)15/h2-5,8-9,12,14,18H,6-7,10-11H2,1H3. The minimum absolute atomic E-state index is 0.487. The molecule has 1 fully saturated rings. The Morgan fingerprint density at radius 1 is 1.37 bits per heavy atom. The molecule has 2 unspecified atom stereocenters. The van der Waals surface area contributed by atoms with Crippen LogP contribution in [0.1, 0.15) is 18.9 Å². The molecule has 1 aromatic carbocycles.